The van der Waals surface area contributed by atoms with Crippen molar-refractivity contribution in [3.05, 3.63) is 28.7 Å². The highest BCUT2D eigenvalue weighted by Gasteiger charge is 2.32. The number of fused-ring (bicyclic) bond motifs is 1. The molecule has 0 unspecified atom stereocenters. The highest BCUT2D eigenvalue weighted by Crippen LogP contribution is 2.38. The number of Topliss-reactive ketones (excluding diaryl/α,β-unsaturated/α-hetero) is 1. The molecule has 0 atom stereocenters. The molecule has 1 aromatic heterocycles. The minimum atomic E-state index is 0.207. The fourth-order valence-electron chi connectivity index (χ4n) is 3.82. The van der Waals surface area contributed by atoms with Crippen molar-refractivity contribution < 1.29 is 4.79 Å². The van der Waals surface area contributed by atoms with E-state index < -0.39 is 0 Å². The summed E-state index contributed by atoms with van der Waals surface area (Å²) in [5.74, 6) is 0.723. The number of allylic oxidation sites excluding steroid dienone is 1. The molecule has 0 bridgehead atoms. The van der Waals surface area contributed by atoms with Crippen LogP contribution in [0.15, 0.2) is 11.8 Å². The maximum atomic E-state index is 12.9. The number of aryl methyl sites for hydroxylation is 2. The van der Waals surface area contributed by atoms with E-state index in [0.29, 0.717) is 5.92 Å². The minimum absolute atomic E-state index is 0.207. The molecule has 4 nitrogen and oxygen atoms in total. The van der Waals surface area contributed by atoms with Crippen molar-refractivity contribution in [3.8, 4) is 0 Å². The second kappa shape index (κ2) is 5.66. The van der Waals surface area contributed by atoms with Gasteiger partial charge in [0.1, 0.15) is 0 Å². The molecule has 114 valence electrons. The Balaban J connectivity index is 2.01. The van der Waals surface area contributed by atoms with Crippen molar-refractivity contribution in [2.75, 3.05) is 14.1 Å². The largest absolute Gasteiger partial charge is 0.383 e. The zero-order valence-electron chi connectivity index (χ0n) is 13.4. The fourth-order valence-corrected chi connectivity index (χ4v) is 3.82. The molecule has 0 aromatic carbocycles. The molecule has 0 saturated heterocycles. The van der Waals surface area contributed by atoms with E-state index in [1.54, 1.807) is 0 Å². The first kappa shape index (κ1) is 14.4. The Hall–Kier alpha value is -1.58. The molecule has 1 heterocycles. The Bertz CT molecular complexity index is 577. The second-order valence-electron chi connectivity index (χ2n) is 6.61. The van der Waals surface area contributed by atoms with E-state index in [1.807, 2.05) is 36.9 Å². The van der Waals surface area contributed by atoms with Gasteiger partial charge in [-0.3, -0.25) is 9.48 Å². The first-order chi connectivity index (χ1) is 10.1. The molecular formula is C17H25N3O. The van der Waals surface area contributed by atoms with Crippen LogP contribution in [0.4, 0.5) is 0 Å². The van der Waals surface area contributed by atoms with Gasteiger partial charge >= 0.3 is 0 Å². The van der Waals surface area contributed by atoms with Crippen LogP contribution >= 0.6 is 0 Å². The van der Waals surface area contributed by atoms with Crippen molar-refractivity contribution in [2.45, 2.75) is 50.9 Å². The topological polar surface area (TPSA) is 38.1 Å². The van der Waals surface area contributed by atoms with E-state index in [4.69, 9.17) is 0 Å². The molecule has 0 spiro atoms. The van der Waals surface area contributed by atoms with Crippen LogP contribution in [0.5, 0.6) is 0 Å². The highest BCUT2D eigenvalue weighted by molar-refractivity contribution is 6.11. The maximum absolute atomic E-state index is 12.9. The van der Waals surface area contributed by atoms with E-state index in [1.165, 1.54) is 37.8 Å². The maximum Gasteiger partial charge on any atom is 0.194 e. The predicted octanol–water partition coefficient (Wildman–Crippen LogP) is 3.04. The van der Waals surface area contributed by atoms with Crippen molar-refractivity contribution in [2.24, 2.45) is 7.05 Å². The van der Waals surface area contributed by atoms with Crippen molar-refractivity contribution >= 4 is 5.78 Å². The van der Waals surface area contributed by atoms with E-state index in [2.05, 4.69) is 5.10 Å². The number of rotatable bonds is 2. The van der Waals surface area contributed by atoms with Crippen LogP contribution in [-0.2, 0) is 13.5 Å². The number of aromatic nitrogens is 2. The number of hydrogen-bond donors (Lipinski definition) is 0. The van der Waals surface area contributed by atoms with Gasteiger partial charge in [0.25, 0.3) is 0 Å². The quantitative estimate of drug-likeness (QED) is 0.785. The van der Waals surface area contributed by atoms with Crippen LogP contribution < -0.4 is 0 Å². The Morgan fingerprint density at radius 2 is 1.90 bits per heavy atom. The lowest BCUT2D eigenvalue weighted by Crippen LogP contribution is -2.19. The van der Waals surface area contributed by atoms with Crippen molar-refractivity contribution in [3.63, 3.8) is 0 Å². The predicted molar refractivity (Wildman–Crippen MR) is 83.5 cm³/mol. The molecule has 2 aliphatic rings. The third kappa shape index (κ3) is 2.63. The van der Waals surface area contributed by atoms with E-state index in [0.717, 1.165) is 29.7 Å². The van der Waals surface area contributed by atoms with Crippen LogP contribution in [0, 0.1) is 0 Å². The lowest BCUT2D eigenvalue weighted by atomic mass is 9.81. The molecule has 1 aromatic rings. The number of nitrogens with zero attached hydrogens (tertiary/aromatic N) is 3. The first-order valence-electron chi connectivity index (χ1n) is 8.05. The summed E-state index contributed by atoms with van der Waals surface area (Å²) in [7, 11) is 5.95. The molecule has 1 fully saturated rings. The average molecular weight is 287 g/mol. The molecule has 0 aliphatic heterocycles. The van der Waals surface area contributed by atoms with Crippen molar-refractivity contribution in [1.29, 1.82) is 0 Å². The number of ketones is 1. The SMILES string of the molecule is CN(C)/C=C1\CCc2nn(C)c(C3CCCCC3)c2C1=O. The van der Waals surface area contributed by atoms with Crippen LogP contribution in [-0.4, -0.2) is 34.6 Å². The van der Waals surface area contributed by atoms with Gasteiger partial charge in [0, 0.05) is 38.8 Å². The van der Waals surface area contributed by atoms with Gasteiger partial charge in [0.15, 0.2) is 5.78 Å². The molecule has 21 heavy (non-hydrogen) atoms. The standard InChI is InChI=1S/C17H25N3O/c1-19(2)11-13-9-10-14-15(17(13)21)16(20(3)18-14)12-7-5-4-6-8-12/h11-12H,4-10H2,1-3H3/b13-11+. The molecule has 1 saturated carbocycles. The molecule has 0 radical (unpaired) electrons. The first-order valence-corrected chi connectivity index (χ1v) is 8.05. The van der Waals surface area contributed by atoms with Gasteiger partial charge in [0.2, 0.25) is 0 Å². The monoisotopic (exact) mass is 287 g/mol. The summed E-state index contributed by atoms with van der Waals surface area (Å²) in [4.78, 5) is 14.8. The van der Waals surface area contributed by atoms with E-state index >= 15 is 0 Å². The molecule has 0 amide bonds. The third-order valence-electron chi connectivity index (χ3n) is 4.72. The van der Waals surface area contributed by atoms with Gasteiger partial charge in [-0.2, -0.15) is 5.10 Å². The molecular weight excluding hydrogens is 262 g/mol. The Morgan fingerprint density at radius 3 is 2.57 bits per heavy atom. The summed E-state index contributed by atoms with van der Waals surface area (Å²) in [6, 6.07) is 0. The Morgan fingerprint density at radius 1 is 1.19 bits per heavy atom. The second-order valence-corrected chi connectivity index (χ2v) is 6.61. The fraction of sp³-hybridized carbons (Fsp3) is 0.647. The normalized spacial score (nSPS) is 21.7. The van der Waals surface area contributed by atoms with Gasteiger partial charge in [-0.15, -0.1) is 0 Å². The van der Waals surface area contributed by atoms with E-state index in [-0.39, 0.29) is 5.78 Å². The molecule has 3 rings (SSSR count). The van der Waals surface area contributed by atoms with Gasteiger partial charge in [-0.1, -0.05) is 19.3 Å². The highest BCUT2D eigenvalue weighted by atomic mass is 16.1. The Kier molecular flexibility index (Phi) is 3.87. The average Bonchev–Trinajstić information content (AvgIpc) is 2.79. The smallest absolute Gasteiger partial charge is 0.194 e. The van der Waals surface area contributed by atoms with Gasteiger partial charge in [0.05, 0.1) is 17.0 Å². The Labute approximate surface area is 126 Å². The summed E-state index contributed by atoms with van der Waals surface area (Å²) in [5, 5.41) is 4.65. The zero-order chi connectivity index (χ0) is 15.0. The molecule has 2 aliphatic carbocycles. The molecule has 4 heteroatoms. The van der Waals surface area contributed by atoms with Crippen LogP contribution in [0.1, 0.15) is 66.2 Å². The lowest BCUT2D eigenvalue weighted by molar-refractivity contribution is 0.102. The lowest BCUT2D eigenvalue weighted by Gasteiger charge is -2.24. The molecule has 0 N–H and O–H groups in total. The van der Waals surface area contributed by atoms with Gasteiger partial charge < -0.3 is 4.90 Å². The van der Waals surface area contributed by atoms with Crippen LogP contribution in [0.2, 0.25) is 0 Å². The number of hydrogen-bond acceptors (Lipinski definition) is 3. The third-order valence-corrected chi connectivity index (χ3v) is 4.72. The minimum Gasteiger partial charge on any atom is -0.383 e. The summed E-state index contributed by atoms with van der Waals surface area (Å²) in [6.45, 7) is 0. The summed E-state index contributed by atoms with van der Waals surface area (Å²) in [5.41, 5.74) is 4.05. The van der Waals surface area contributed by atoms with Gasteiger partial charge in [-0.05, 0) is 25.7 Å². The van der Waals surface area contributed by atoms with Crippen LogP contribution in [0.25, 0.3) is 0 Å². The van der Waals surface area contributed by atoms with Crippen LogP contribution in [0.3, 0.4) is 0 Å². The van der Waals surface area contributed by atoms with Crippen molar-refractivity contribution in [1.82, 2.24) is 14.7 Å². The summed E-state index contributed by atoms with van der Waals surface area (Å²) in [6.07, 6.45) is 9.96. The zero-order valence-corrected chi connectivity index (χ0v) is 13.4. The van der Waals surface area contributed by atoms with E-state index in [9.17, 15) is 4.79 Å². The summed E-state index contributed by atoms with van der Waals surface area (Å²) < 4.78 is 1.98. The number of carbonyl (C=O) groups excluding carboxylic acids is 1. The van der Waals surface area contributed by atoms with Gasteiger partial charge in [-0.25, -0.2) is 0 Å². The number of carbonyl (C=O) groups is 1. The summed E-state index contributed by atoms with van der Waals surface area (Å²) >= 11 is 0.